The fraction of sp³-hybridized carbons (Fsp3) is 0.435. The Hall–Kier alpha value is -1.43. The van der Waals surface area contributed by atoms with Crippen molar-refractivity contribution in [1.29, 1.82) is 0 Å². The molecule has 28 heavy (non-hydrogen) atoms. The summed E-state index contributed by atoms with van der Waals surface area (Å²) < 4.78 is 2.42. The van der Waals surface area contributed by atoms with Crippen molar-refractivity contribution in [1.82, 2.24) is 4.98 Å². The van der Waals surface area contributed by atoms with Crippen LogP contribution in [-0.2, 0) is 0 Å². The number of aromatic nitrogens is 1. The van der Waals surface area contributed by atoms with Gasteiger partial charge in [-0.15, -0.1) is 11.3 Å². The highest BCUT2D eigenvalue weighted by Gasteiger charge is 2.24. The number of thiophene rings is 1. The number of fused-ring (bicyclic) bond motifs is 1. The van der Waals surface area contributed by atoms with Crippen molar-refractivity contribution in [2.45, 2.75) is 40.5 Å². The minimum Gasteiger partial charge on any atom is -0.396 e. The molecule has 0 bridgehead atoms. The molecule has 4 rings (SSSR count). The molecule has 0 unspecified atom stereocenters. The molecule has 2 aromatic heterocycles. The van der Waals surface area contributed by atoms with Gasteiger partial charge in [0.25, 0.3) is 0 Å². The van der Waals surface area contributed by atoms with Gasteiger partial charge in [0.2, 0.25) is 0 Å². The van der Waals surface area contributed by atoms with Gasteiger partial charge in [-0.05, 0) is 81.3 Å². The molecule has 0 amide bonds. The molecule has 3 aromatic rings. The Labute approximate surface area is 179 Å². The molecule has 1 aliphatic heterocycles. The lowest BCUT2D eigenvalue weighted by molar-refractivity contribution is 0.203. The number of piperidine rings is 1. The van der Waals surface area contributed by atoms with Gasteiger partial charge in [-0.25, -0.2) is 0 Å². The number of aliphatic hydroxyl groups excluding tert-OH is 1. The summed E-state index contributed by atoms with van der Waals surface area (Å²) in [5.41, 5.74) is 8.68. The van der Waals surface area contributed by atoms with Gasteiger partial charge in [0.05, 0.1) is 15.9 Å². The quantitative estimate of drug-likeness (QED) is 0.509. The molecule has 148 valence electrons. The third kappa shape index (κ3) is 3.49. The Morgan fingerprint density at radius 2 is 1.71 bits per heavy atom. The Balaban J connectivity index is 1.88. The van der Waals surface area contributed by atoms with Crippen molar-refractivity contribution < 1.29 is 5.11 Å². The number of aryl methyl sites for hydroxylation is 4. The Morgan fingerprint density at radius 3 is 2.32 bits per heavy atom. The van der Waals surface area contributed by atoms with Crippen LogP contribution in [0.3, 0.4) is 0 Å². The predicted octanol–water partition coefficient (Wildman–Crippen LogP) is 6.17. The first-order chi connectivity index (χ1) is 13.4. The summed E-state index contributed by atoms with van der Waals surface area (Å²) in [5.74, 6) is 0.448. The zero-order valence-electron chi connectivity index (χ0n) is 17.0. The molecule has 0 radical (unpaired) electrons. The molecule has 1 saturated heterocycles. The van der Waals surface area contributed by atoms with Crippen molar-refractivity contribution in [3.8, 4) is 11.1 Å². The third-order valence-corrected chi connectivity index (χ3v) is 7.46. The van der Waals surface area contributed by atoms with Gasteiger partial charge in [-0.1, -0.05) is 15.9 Å². The minimum absolute atomic E-state index is 0.309. The highest BCUT2D eigenvalue weighted by atomic mass is 79.9. The highest BCUT2D eigenvalue weighted by Crippen LogP contribution is 2.45. The van der Waals surface area contributed by atoms with Gasteiger partial charge in [0, 0.05) is 40.3 Å². The first-order valence-electron chi connectivity index (χ1n) is 9.92. The van der Waals surface area contributed by atoms with Crippen LogP contribution in [-0.4, -0.2) is 29.8 Å². The largest absolute Gasteiger partial charge is 0.396 e. The van der Waals surface area contributed by atoms with E-state index in [0.717, 1.165) is 41.6 Å². The van der Waals surface area contributed by atoms with Gasteiger partial charge in [0.15, 0.2) is 0 Å². The van der Waals surface area contributed by atoms with Gasteiger partial charge in [-0.3, -0.25) is 4.98 Å². The van der Waals surface area contributed by atoms with E-state index in [2.05, 4.69) is 66.7 Å². The molecule has 1 N–H and O–H groups in total. The maximum Gasteiger partial charge on any atom is 0.0915 e. The smallest absolute Gasteiger partial charge is 0.0915 e. The van der Waals surface area contributed by atoms with E-state index in [9.17, 15) is 5.11 Å². The van der Waals surface area contributed by atoms with Crippen molar-refractivity contribution >= 4 is 43.2 Å². The maximum atomic E-state index is 9.47. The van der Waals surface area contributed by atoms with E-state index in [1.165, 1.54) is 37.5 Å². The van der Waals surface area contributed by atoms with E-state index in [1.54, 1.807) is 0 Å². The molecule has 3 heterocycles. The molecule has 0 spiro atoms. The Kier molecular flexibility index (Phi) is 5.51. The first-order valence-corrected chi connectivity index (χ1v) is 11.5. The number of nitrogens with zero attached hydrogens (tertiary/aromatic N) is 2. The number of hydrogen-bond acceptors (Lipinski definition) is 4. The van der Waals surface area contributed by atoms with E-state index < -0.39 is 0 Å². The van der Waals surface area contributed by atoms with Crippen LogP contribution in [0.4, 0.5) is 5.69 Å². The highest BCUT2D eigenvalue weighted by molar-refractivity contribution is 9.10. The van der Waals surface area contributed by atoms with Crippen molar-refractivity contribution in [2.24, 2.45) is 5.92 Å². The summed E-state index contributed by atoms with van der Waals surface area (Å²) >= 11 is 5.49. The number of pyridine rings is 1. The van der Waals surface area contributed by atoms with E-state index in [0.29, 0.717) is 12.5 Å². The fourth-order valence-electron chi connectivity index (χ4n) is 4.48. The SMILES string of the molecule is Cc1cc(N2CCC(CO)CC2)c2sc(C)c(-c3c(C)cc(Br)cc3C)c2n1. The minimum atomic E-state index is 0.309. The van der Waals surface area contributed by atoms with Crippen LogP contribution in [0.15, 0.2) is 22.7 Å². The van der Waals surface area contributed by atoms with E-state index >= 15 is 0 Å². The fourth-order valence-corrected chi connectivity index (χ4v) is 6.31. The zero-order chi connectivity index (χ0) is 20.0. The van der Waals surface area contributed by atoms with E-state index in [4.69, 9.17) is 4.98 Å². The topological polar surface area (TPSA) is 36.4 Å². The van der Waals surface area contributed by atoms with Gasteiger partial charge in [0.1, 0.15) is 0 Å². The third-order valence-electron chi connectivity index (χ3n) is 5.89. The molecule has 1 aromatic carbocycles. The van der Waals surface area contributed by atoms with E-state index in [1.807, 2.05) is 11.3 Å². The summed E-state index contributed by atoms with van der Waals surface area (Å²) in [4.78, 5) is 8.81. The standard InChI is InChI=1S/C23H27BrN2OS/c1-13-9-18(24)10-14(2)20(13)21-16(4)28-23-19(11-15(3)25-22(21)23)26-7-5-17(12-27)6-8-26/h9-11,17,27H,5-8,12H2,1-4H3. The van der Waals surface area contributed by atoms with Crippen molar-refractivity contribution in [3.63, 3.8) is 0 Å². The second-order valence-corrected chi connectivity index (χ2v) is 10.2. The molecule has 0 saturated carbocycles. The lowest BCUT2D eigenvalue weighted by Crippen LogP contribution is -2.34. The van der Waals surface area contributed by atoms with Crippen LogP contribution < -0.4 is 4.90 Å². The molecule has 0 atom stereocenters. The summed E-state index contributed by atoms with van der Waals surface area (Å²) in [6.45, 7) is 11.0. The van der Waals surface area contributed by atoms with Crippen LogP contribution in [0, 0.1) is 33.6 Å². The number of hydrogen-bond donors (Lipinski definition) is 1. The molecular weight excluding hydrogens is 432 g/mol. The van der Waals surface area contributed by atoms with Crippen LogP contribution in [0.1, 0.15) is 34.5 Å². The lowest BCUT2D eigenvalue weighted by Gasteiger charge is -2.33. The molecular formula is C23H27BrN2OS. The maximum absolute atomic E-state index is 9.47. The Bertz CT molecular complexity index is 1010. The second-order valence-electron chi connectivity index (χ2n) is 8.02. The number of anilines is 1. The lowest BCUT2D eigenvalue weighted by atomic mass is 9.94. The average Bonchev–Trinajstić information content (AvgIpc) is 2.96. The van der Waals surface area contributed by atoms with Crippen LogP contribution >= 0.6 is 27.3 Å². The van der Waals surface area contributed by atoms with E-state index in [-0.39, 0.29) is 0 Å². The summed E-state index contributed by atoms with van der Waals surface area (Å²) in [7, 11) is 0. The van der Waals surface area contributed by atoms with Gasteiger partial charge in [-0.2, -0.15) is 0 Å². The average molecular weight is 459 g/mol. The molecule has 5 heteroatoms. The van der Waals surface area contributed by atoms with Crippen LogP contribution in [0.25, 0.3) is 21.3 Å². The number of rotatable bonds is 3. The van der Waals surface area contributed by atoms with Crippen LogP contribution in [0.2, 0.25) is 0 Å². The van der Waals surface area contributed by atoms with Crippen molar-refractivity contribution in [2.75, 3.05) is 24.6 Å². The Morgan fingerprint density at radius 1 is 1.07 bits per heavy atom. The molecule has 1 aliphatic rings. The first kappa shape index (κ1) is 19.9. The summed E-state index contributed by atoms with van der Waals surface area (Å²) in [5, 5.41) is 9.47. The number of benzene rings is 1. The molecule has 1 fully saturated rings. The van der Waals surface area contributed by atoms with Crippen LogP contribution in [0.5, 0.6) is 0 Å². The number of aliphatic hydroxyl groups is 1. The second kappa shape index (κ2) is 7.77. The predicted molar refractivity (Wildman–Crippen MR) is 124 cm³/mol. The van der Waals surface area contributed by atoms with Gasteiger partial charge >= 0.3 is 0 Å². The summed E-state index contributed by atoms with van der Waals surface area (Å²) in [6.07, 6.45) is 2.11. The number of halogens is 1. The molecule has 3 nitrogen and oxygen atoms in total. The van der Waals surface area contributed by atoms with Gasteiger partial charge < -0.3 is 10.0 Å². The van der Waals surface area contributed by atoms with Crippen molar-refractivity contribution in [3.05, 3.63) is 44.4 Å². The molecule has 0 aliphatic carbocycles. The summed E-state index contributed by atoms with van der Waals surface area (Å²) in [6, 6.07) is 6.63. The zero-order valence-corrected chi connectivity index (χ0v) is 19.4. The monoisotopic (exact) mass is 458 g/mol. The normalized spacial score (nSPS) is 15.6.